The van der Waals surface area contributed by atoms with Gasteiger partial charge in [0.25, 0.3) is 0 Å². The van der Waals surface area contributed by atoms with Crippen molar-refractivity contribution in [1.29, 1.82) is 0 Å². The summed E-state index contributed by atoms with van der Waals surface area (Å²) < 4.78 is 0.978. The minimum absolute atomic E-state index is 0.0712. The molecule has 1 fully saturated rings. The van der Waals surface area contributed by atoms with Crippen molar-refractivity contribution in [3.05, 3.63) is 28.7 Å². The Morgan fingerprint density at radius 3 is 3.06 bits per heavy atom. The largest absolute Gasteiger partial charge is 0.325 e. The Morgan fingerprint density at radius 1 is 1.50 bits per heavy atom. The Morgan fingerprint density at radius 2 is 2.33 bits per heavy atom. The highest BCUT2D eigenvalue weighted by molar-refractivity contribution is 9.10. The van der Waals surface area contributed by atoms with Crippen LogP contribution < -0.4 is 5.32 Å². The van der Waals surface area contributed by atoms with E-state index in [-0.39, 0.29) is 5.91 Å². The average Bonchev–Trinajstić information content (AvgIpc) is 2.32. The topological polar surface area (TPSA) is 32.3 Å². The minimum atomic E-state index is 0.0712. The summed E-state index contributed by atoms with van der Waals surface area (Å²) >= 11 is 3.40. The standard InChI is InChI=1S/C14H19BrN2O/c1-11-5-2-3-8-17(11)10-14(18)16-13-7-4-6-12(15)9-13/h4,6-7,9,11H,2-3,5,8,10H2,1H3,(H,16,18)/t11-/m0/s1. The maximum Gasteiger partial charge on any atom is 0.238 e. The van der Waals surface area contributed by atoms with E-state index in [2.05, 4.69) is 33.1 Å². The average molecular weight is 311 g/mol. The Bertz CT molecular complexity index is 422. The van der Waals surface area contributed by atoms with Gasteiger partial charge in [0.15, 0.2) is 0 Å². The van der Waals surface area contributed by atoms with Gasteiger partial charge in [0.1, 0.15) is 0 Å². The third-order valence-corrected chi connectivity index (χ3v) is 3.89. The van der Waals surface area contributed by atoms with Crippen LogP contribution in [0.3, 0.4) is 0 Å². The minimum Gasteiger partial charge on any atom is -0.325 e. The molecule has 0 spiro atoms. The van der Waals surface area contributed by atoms with Gasteiger partial charge in [-0.15, -0.1) is 0 Å². The van der Waals surface area contributed by atoms with Gasteiger partial charge in [0, 0.05) is 16.2 Å². The quantitative estimate of drug-likeness (QED) is 0.929. The van der Waals surface area contributed by atoms with Gasteiger partial charge < -0.3 is 5.32 Å². The summed E-state index contributed by atoms with van der Waals surface area (Å²) in [5, 5.41) is 2.94. The summed E-state index contributed by atoms with van der Waals surface area (Å²) in [6.07, 6.45) is 3.68. The third-order valence-electron chi connectivity index (χ3n) is 3.40. The van der Waals surface area contributed by atoms with E-state index in [0.29, 0.717) is 12.6 Å². The van der Waals surface area contributed by atoms with Crippen molar-refractivity contribution in [3.8, 4) is 0 Å². The molecule has 1 aliphatic rings. The van der Waals surface area contributed by atoms with Crippen LogP contribution in [0.2, 0.25) is 0 Å². The normalized spacial score (nSPS) is 20.7. The zero-order valence-corrected chi connectivity index (χ0v) is 12.2. The number of benzene rings is 1. The molecule has 0 aromatic heterocycles. The van der Waals surface area contributed by atoms with E-state index in [0.717, 1.165) is 16.7 Å². The number of amides is 1. The second-order valence-electron chi connectivity index (χ2n) is 4.87. The van der Waals surface area contributed by atoms with E-state index in [1.165, 1.54) is 19.3 Å². The van der Waals surface area contributed by atoms with Gasteiger partial charge >= 0.3 is 0 Å². The van der Waals surface area contributed by atoms with E-state index in [4.69, 9.17) is 0 Å². The molecular formula is C14H19BrN2O. The third kappa shape index (κ3) is 3.82. The number of nitrogens with zero attached hydrogens (tertiary/aromatic N) is 1. The molecule has 1 amide bonds. The molecule has 2 rings (SSSR count). The Hall–Kier alpha value is -0.870. The lowest BCUT2D eigenvalue weighted by atomic mass is 10.0. The molecule has 1 N–H and O–H groups in total. The predicted molar refractivity (Wildman–Crippen MR) is 77.7 cm³/mol. The van der Waals surface area contributed by atoms with Crippen molar-refractivity contribution in [2.24, 2.45) is 0 Å². The monoisotopic (exact) mass is 310 g/mol. The molecule has 1 aromatic rings. The fraction of sp³-hybridized carbons (Fsp3) is 0.500. The predicted octanol–water partition coefficient (Wildman–Crippen LogP) is 3.26. The van der Waals surface area contributed by atoms with Crippen molar-refractivity contribution in [2.75, 3.05) is 18.4 Å². The van der Waals surface area contributed by atoms with Gasteiger partial charge in [-0.25, -0.2) is 0 Å². The van der Waals surface area contributed by atoms with Crippen molar-refractivity contribution < 1.29 is 4.79 Å². The molecule has 4 heteroatoms. The molecule has 1 atom stereocenters. The van der Waals surface area contributed by atoms with Crippen molar-refractivity contribution in [2.45, 2.75) is 32.2 Å². The van der Waals surface area contributed by atoms with Gasteiger partial charge in [-0.05, 0) is 44.5 Å². The first-order valence-electron chi connectivity index (χ1n) is 6.44. The SMILES string of the molecule is C[C@H]1CCCCN1CC(=O)Nc1cccc(Br)c1. The second-order valence-corrected chi connectivity index (χ2v) is 5.79. The Balaban J connectivity index is 1.88. The maximum absolute atomic E-state index is 12.0. The van der Waals surface area contributed by atoms with E-state index in [1.807, 2.05) is 24.3 Å². The molecule has 3 nitrogen and oxygen atoms in total. The highest BCUT2D eigenvalue weighted by atomic mass is 79.9. The molecule has 1 aliphatic heterocycles. The summed E-state index contributed by atoms with van der Waals surface area (Å²) in [4.78, 5) is 14.2. The van der Waals surface area contributed by atoms with Crippen LogP contribution >= 0.6 is 15.9 Å². The van der Waals surface area contributed by atoms with Crippen LogP contribution in [0.15, 0.2) is 28.7 Å². The molecule has 1 saturated heterocycles. The van der Waals surface area contributed by atoms with Gasteiger partial charge in [-0.3, -0.25) is 9.69 Å². The number of hydrogen-bond donors (Lipinski definition) is 1. The summed E-state index contributed by atoms with van der Waals surface area (Å²) in [5.74, 6) is 0.0712. The van der Waals surface area contributed by atoms with Gasteiger partial charge in [-0.1, -0.05) is 28.4 Å². The molecule has 1 aromatic carbocycles. The van der Waals surface area contributed by atoms with Crippen LogP contribution in [0.1, 0.15) is 26.2 Å². The molecule has 1 heterocycles. The summed E-state index contributed by atoms with van der Waals surface area (Å²) in [6.45, 7) is 3.73. The number of likely N-dealkylation sites (tertiary alicyclic amines) is 1. The number of halogens is 1. The van der Waals surface area contributed by atoms with E-state index in [1.54, 1.807) is 0 Å². The fourth-order valence-electron chi connectivity index (χ4n) is 2.34. The zero-order valence-electron chi connectivity index (χ0n) is 10.7. The van der Waals surface area contributed by atoms with Crippen molar-refractivity contribution in [3.63, 3.8) is 0 Å². The molecule has 18 heavy (non-hydrogen) atoms. The zero-order chi connectivity index (χ0) is 13.0. The van der Waals surface area contributed by atoms with Crippen LogP contribution in [0, 0.1) is 0 Å². The summed E-state index contributed by atoms with van der Waals surface area (Å²) in [7, 11) is 0. The number of anilines is 1. The Labute approximate surface area is 117 Å². The van der Waals surface area contributed by atoms with E-state index in [9.17, 15) is 4.79 Å². The second kappa shape index (κ2) is 6.34. The van der Waals surface area contributed by atoms with E-state index >= 15 is 0 Å². The number of nitrogens with one attached hydrogen (secondary N) is 1. The van der Waals surface area contributed by atoms with Crippen LogP contribution in [-0.4, -0.2) is 29.9 Å². The number of rotatable bonds is 3. The first-order valence-corrected chi connectivity index (χ1v) is 7.24. The highest BCUT2D eigenvalue weighted by Crippen LogP contribution is 2.17. The van der Waals surface area contributed by atoms with Crippen LogP contribution in [0.25, 0.3) is 0 Å². The number of carbonyl (C=O) groups excluding carboxylic acids is 1. The lowest BCUT2D eigenvalue weighted by molar-refractivity contribution is -0.118. The first-order chi connectivity index (χ1) is 8.65. The molecule has 0 aliphatic carbocycles. The maximum atomic E-state index is 12.0. The lowest BCUT2D eigenvalue weighted by Crippen LogP contribution is -2.42. The first kappa shape index (κ1) is 13.6. The smallest absolute Gasteiger partial charge is 0.238 e. The van der Waals surface area contributed by atoms with Crippen molar-refractivity contribution >= 4 is 27.5 Å². The molecular weight excluding hydrogens is 292 g/mol. The number of carbonyl (C=O) groups is 1. The molecule has 0 bridgehead atoms. The summed E-state index contributed by atoms with van der Waals surface area (Å²) in [6, 6.07) is 8.21. The van der Waals surface area contributed by atoms with Crippen LogP contribution in [-0.2, 0) is 4.79 Å². The summed E-state index contributed by atoms with van der Waals surface area (Å²) in [5.41, 5.74) is 0.846. The fourth-order valence-corrected chi connectivity index (χ4v) is 2.74. The van der Waals surface area contributed by atoms with Gasteiger partial charge in [-0.2, -0.15) is 0 Å². The molecule has 0 unspecified atom stereocenters. The molecule has 0 radical (unpaired) electrons. The lowest BCUT2D eigenvalue weighted by Gasteiger charge is -2.32. The van der Waals surface area contributed by atoms with Gasteiger partial charge in [0.2, 0.25) is 5.91 Å². The van der Waals surface area contributed by atoms with Crippen LogP contribution in [0.5, 0.6) is 0 Å². The highest BCUT2D eigenvalue weighted by Gasteiger charge is 2.20. The molecule has 0 saturated carbocycles. The van der Waals surface area contributed by atoms with Crippen LogP contribution in [0.4, 0.5) is 5.69 Å². The van der Waals surface area contributed by atoms with Gasteiger partial charge in [0.05, 0.1) is 6.54 Å². The molecule has 98 valence electrons. The van der Waals surface area contributed by atoms with Crippen molar-refractivity contribution in [1.82, 2.24) is 4.90 Å². The number of hydrogen-bond acceptors (Lipinski definition) is 2. The number of piperidine rings is 1. The van der Waals surface area contributed by atoms with E-state index < -0.39 is 0 Å². The Kier molecular flexibility index (Phi) is 4.78.